The highest BCUT2D eigenvalue weighted by molar-refractivity contribution is 14.1. The number of hydrogen-bond donors (Lipinski definition) is 1. The van der Waals surface area contributed by atoms with Gasteiger partial charge in [0.05, 0.1) is 46.3 Å². The summed E-state index contributed by atoms with van der Waals surface area (Å²) in [6.07, 6.45) is 1.12. The first-order chi connectivity index (χ1) is 24.9. The zero-order valence-electron chi connectivity index (χ0n) is 28.9. The summed E-state index contributed by atoms with van der Waals surface area (Å²) in [6.45, 7) is 4.25. The number of pyridine rings is 1. The van der Waals surface area contributed by atoms with E-state index in [2.05, 4.69) is 44.8 Å². The van der Waals surface area contributed by atoms with Gasteiger partial charge >= 0.3 is 0 Å². The number of piperazine rings is 1. The zero-order chi connectivity index (χ0) is 36.5. The average Bonchev–Trinajstić information content (AvgIpc) is 3.71. The summed E-state index contributed by atoms with van der Waals surface area (Å²) >= 11 is 2.21. The van der Waals surface area contributed by atoms with Crippen molar-refractivity contribution in [2.75, 3.05) is 57.9 Å². The minimum absolute atomic E-state index is 0.315. The first-order valence-corrected chi connectivity index (χ1v) is 19.7. The van der Waals surface area contributed by atoms with Crippen molar-refractivity contribution >= 4 is 82.6 Å². The van der Waals surface area contributed by atoms with Crippen LogP contribution in [0.5, 0.6) is 0 Å². The van der Waals surface area contributed by atoms with Crippen molar-refractivity contribution in [3.63, 3.8) is 0 Å². The highest BCUT2D eigenvalue weighted by atomic mass is 127. The van der Waals surface area contributed by atoms with Crippen LogP contribution in [0.25, 0.3) is 61.0 Å². The molecule has 11 nitrogen and oxygen atoms in total. The fourth-order valence-corrected chi connectivity index (χ4v) is 7.83. The Morgan fingerprint density at radius 1 is 0.981 bits per heavy atom. The molecule has 7 aromatic rings. The third-order valence-electron chi connectivity index (χ3n) is 9.86. The van der Waals surface area contributed by atoms with Gasteiger partial charge in [0.1, 0.15) is 28.5 Å². The smallest absolute Gasteiger partial charge is 0.255 e. The highest BCUT2D eigenvalue weighted by Gasteiger charge is 2.27. The topological polar surface area (TPSA) is 116 Å². The van der Waals surface area contributed by atoms with Gasteiger partial charge in [-0.2, -0.15) is 0 Å². The summed E-state index contributed by atoms with van der Waals surface area (Å²) in [7, 11) is 1.39. The maximum Gasteiger partial charge on any atom is 0.255 e. The normalized spacial score (nSPS) is 14.6. The molecule has 1 aliphatic heterocycles. The maximum atomic E-state index is 15.3. The van der Waals surface area contributed by atoms with Crippen molar-refractivity contribution in [3.8, 4) is 22.6 Å². The molecular weight excluding hydrogens is 796 g/mol. The maximum absolute atomic E-state index is 15.3. The number of rotatable bonds is 7. The average molecular weight is 832 g/mol. The van der Waals surface area contributed by atoms with Crippen molar-refractivity contribution in [2.45, 2.75) is 6.54 Å². The Balaban J connectivity index is 1.38. The van der Waals surface area contributed by atoms with Gasteiger partial charge in [0, 0.05) is 71.8 Å². The van der Waals surface area contributed by atoms with Crippen LogP contribution < -0.4 is 9.62 Å². The molecule has 0 spiro atoms. The van der Waals surface area contributed by atoms with E-state index >= 15 is 4.39 Å². The van der Waals surface area contributed by atoms with Gasteiger partial charge in [-0.25, -0.2) is 22.8 Å². The second kappa shape index (κ2) is 13.1. The van der Waals surface area contributed by atoms with E-state index in [0.29, 0.717) is 78.8 Å². The van der Waals surface area contributed by atoms with Crippen molar-refractivity contribution < 1.29 is 22.0 Å². The molecule has 3 aromatic carbocycles. The molecule has 0 unspecified atom stereocenters. The van der Waals surface area contributed by atoms with Gasteiger partial charge in [0.2, 0.25) is 10.0 Å². The number of anilines is 1. The van der Waals surface area contributed by atoms with E-state index in [4.69, 9.17) is 14.4 Å². The van der Waals surface area contributed by atoms with Crippen LogP contribution in [-0.4, -0.2) is 92.1 Å². The van der Waals surface area contributed by atoms with E-state index in [1.165, 1.54) is 17.4 Å². The van der Waals surface area contributed by atoms with E-state index < -0.39 is 10.0 Å². The Hall–Kier alpha value is -4.64. The van der Waals surface area contributed by atoms with E-state index in [1.54, 1.807) is 37.4 Å². The number of carbonyl (C=O) groups excluding carboxylic acids is 1. The number of benzene rings is 3. The summed E-state index contributed by atoms with van der Waals surface area (Å²) in [6, 6.07) is 21.5. The number of furan rings is 1. The molecule has 1 amide bonds. The third kappa shape index (κ3) is 5.96. The quantitative estimate of drug-likeness (QED) is 0.185. The summed E-state index contributed by atoms with van der Waals surface area (Å²) in [5.41, 5.74) is 5.11. The standard InChI is InChI=1S/C38H35FIN7O4S/c1-41-38(48)35-26-18-25(31(45(3)52(4,49)50)20-33(26)51-37(35)22-8-10-23(40)11-9-22)28-12-13-29-36(43-28)32-19-24-27(39)6-5-7-30(24)47(32)34(42-29)21-46-16-14-44(2)15-17-46/h5-13,18-20H,14-17,21H2,1-4H3,(H,41,48). The minimum atomic E-state index is -3.74. The first kappa shape index (κ1) is 34.4. The van der Waals surface area contributed by atoms with Crippen molar-refractivity contribution in [3.05, 3.63) is 93.6 Å². The second-order valence-corrected chi connectivity index (χ2v) is 16.5. The summed E-state index contributed by atoms with van der Waals surface area (Å²) in [5.74, 6) is 0.444. The summed E-state index contributed by atoms with van der Waals surface area (Å²) in [4.78, 5) is 28.3. The molecule has 8 rings (SSSR count). The largest absolute Gasteiger partial charge is 0.455 e. The lowest BCUT2D eigenvalue weighted by Gasteiger charge is -2.32. The lowest BCUT2D eigenvalue weighted by molar-refractivity contribution is 0.0964. The van der Waals surface area contributed by atoms with Gasteiger partial charge in [-0.15, -0.1) is 0 Å². The second-order valence-electron chi connectivity index (χ2n) is 13.2. The Morgan fingerprint density at radius 2 is 1.73 bits per heavy atom. The van der Waals surface area contributed by atoms with Gasteiger partial charge in [-0.1, -0.05) is 18.2 Å². The van der Waals surface area contributed by atoms with Crippen molar-refractivity contribution in [1.29, 1.82) is 0 Å². The molecule has 0 bridgehead atoms. The van der Waals surface area contributed by atoms with Crippen LogP contribution in [0, 0.1) is 9.39 Å². The van der Waals surface area contributed by atoms with Crippen LogP contribution >= 0.6 is 22.6 Å². The molecule has 5 heterocycles. The SMILES string of the molecule is CNC(=O)c1c(-c2ccc(I)cc2)oc2cc(N(C)S(C)(=O)=O)c(-c3ccc4nc(CN5CCN(C)CC5)n5c6cccc(F)c6cc5c4n3)cc12. The van der Waals surface area contributed by atoms with E-state index in [9.17, 15) is 13.2 Å². The van der Waals surface area contributed by atoms with Gasteiger partial charge < -0.3 is 14.6 Å². The molecule has 0 radical (unpaired) electrons. The summed E-state index contributed by atoms with van der Waals surface area (Å²) < 4.78 is 51.9. The Labute approximate surface area is 313 Å². The lowest BCUT2D eigenvalue weighted by atomic mass is 10.0. The van der Waals surface area contributed by atoms with Crippen molar-refractivity contribution in [1.82, 2.24) is 29.5 Å². The highest BCUT2D eigenvalue weighted by Crippen LogP contribution is 2.41. The summed E-state index contributed by atoms with van der Waals surface area (Å²) in [5, 5.41) is 3.68. The van der Waals surface area contributed by atoms with Crippen molar-refractivity contribution in [2.24, 2.45) is 0 Å². The van der Waals surface area contributed by atoms with E-state index in [1.807, 2.05) is 40.8 Å². The zero-order valence-corrected chi connectivity index (χ0v) is 31.9. The molecule has 1 fully saturated rings. The number of amides is 1. The van der Waals surface area contributed by atoms with Gasteiger partial charge in [-0.05, 0) is 78.2 Å². The van der Waals surface area contributed by atoms with E-state index in [-0.39, 0.29) is 11.7 Å². The molecule has 0 saturated carbocycles. The van der Waals surface area contributed by atoms with Crippen LogP contribution in [0.3, 0.4) is 0 Å². The van der Waals surface area contributed by atoms with Crippen LogP contribution in [-0.2, 0) is 16.6 Å². The number of likely N-dealkylation sites (N-methyl/N-ethyl adjacent to an activating group) is 1. The molecule has 4 aromatic heterocycles. The molecule has 0 aliphatic carbocycles. The number of hydrogen-bond acceptors (Lipinski definition) is 8. The van der Waals surface area contributed by atoms with Gasteiger partial charge in [-0.3, -0.25) is 18.4 Å². The van der Waals surface area contributed by atoms with Crippen LogP contribution in [0.15, 0.2) is 77.2 Å². The molecule has 1 saturated heterocycles. The van der Waals surface area contributed by atoms with Crippen LogP contribution in [0.4, 0.5) is 10.1 Å². The van der Waals surface area contributed by atoms with Gasteiger partial charge in [0.25, 0.3) is 5.91 Å². The number of halogens is 2. The Bertz CT molecular complexity index is 2670. The number of nitrogens with zero attached hydrogens (tertiary/aromatic N) is 6. The predicted molar refractivity (Wildman–Crippen MR) is 211 cm³/mol. The fraction of sp³-hybridized carbons (Fsp3) is 0.237. The fourth-order valence-electron chi connectivity index (χ4n) is 6.96. The first-order valence-electron chi connectivity index (χ1n) is 16.7. The molecular formula is C38H35FIN7O4S. The van der Waals surface area contributed by atoms with Gasteiger partial charge in [0.15, 0.2) is 0 Å². The third-order valence-corrected chi connectivity index (χ3v) is 11.8. The number of carbonyl (C=O) groups is 1. The molecule has 266 valence electrons. The predicted octanol–water partition coefficient (Wildman–Crippen LogP) is 6.36. The number of sulfonamides is 1. The van der Waals surface area contributed by atoms with E-state index in [0.717, 1.165) is 41.8 Å². The van der Waals surface area contributed by atoms with Crippen LogP contribution in [0.1, 0.15) is 16.2 Å². The minimum Gasteiger partial charge on any atom is -0.455 e. The molecule has 14 heteroatoms. The number of nitrogens with one attached hydrogen (secondary N) is 1. The van der Waals surface area contributed by atoms with Crippen LogP contribution in [0.2, 0.25) is 0 Å². The Morgan fingerprint density at radius 3 is 2.44 bits per heavy atom. The number of fused-ring (bicyclic) bond motifs is 6. The monoisotopic (exact) mass is 831 g/mol. The number of aromatic nitrogens is 3. The molecule has 1 N–H and O–H groups in total. The molecule has 0 atom stereocenters. The lowest BCUT2D eigenvalue weighted by Crippen LogP contribution is -2.44. The Kier molecular flexibility index (Phi) is 8.67. The molecule has 1 aliphatic rings. The molecule has 52 heavy (non-hydrogen) atoms.